The van der Waals surface area contributed by atoms with Crippen LogP contribution in [0.3, 0.4) is 0 Å². The first-order chi connectivity index (χ1) is 16.8. The predicted octanol–water partition coefficient (Wildman–Crippen LogP) is 4.06. The molecule has 0 radical (unpaired) electrons. The van der Waals surface area contributed by atoms with E-state index in [4.69, 9.17) is 4.74 Å². The Morgan fingerprint density at radius 3 is 2.37 bits per heavy atom. The maximum absolute atomic E-state index is 12.9. The van der Waals surface area contributed by atoms with E-state index in [0.717, 1.165) is 36.3 Å². The second-order valence-corrected chi connectivity index (χ2v) is 10.5. The summed E-state index contributed by atoms with van der Waals surface area (Å²) >= 11 is 0. The van der Waals surface area contributed by atoms with Gasteiger partial charge in [0, 0.05) is 35.9 Å². The Morgan fingerprint density at radius 1 is 0.943 bits per heavy atom. The Balaban J connectivity index is 1.39. The van der Waals surface area contributed by atoms with E-state index in [0.29, 0.717) is 24.3 Å². The first kappa shape index (κ1) is 24.7. The summed E-state index contributed by atoms with van der Waals surface area (Å²) in [5, 5.41) is 2.62. The van der Waals surface area contributed by atoms with E-state index in [-0.39, 0.29) is 4.90 Å². The van der Waals surface area contributed by atoms with Crippen LogP contribution in [-0.2, 0) is 19.6 Å². The molecule has 9 heteroatoms. The van der Waals surface area contributed by atoms with Gasteiger partial charge in [0.1, 0.15) is 0 Å². The van der Waals surface area contributed by atoms with Gasteiger partial charge in [0.2, 0.25) is 10.0 Å². The molecule has 0 aliphatic carbocycles. The van der Waals surface area contributed by atoms with Crippen LogP contribution in [-0.4, -0.2) is 48.9 Å². The first-order valence-corrected chi connectivity index (χ1v) is 13.0. The minimum absolute atomic E-state index is 0.127. The molecule has 1 fully saturated rings. The zero-order valence-electron chi connectivity index (χ0n) is 19.9. The topological polar surface area (TPSA) is 97.7 Å². The zero-order valence-corrected chi connectivity index (χ0v) is 20.7. The number of piperidine rings is 1. The van der Waals surface area contributed by atoms with Crippen LogP contribution >= 0.6 is 0 Å². The third kappa shape index (κ3) is 5.47. The third-order valence-electron chi connectivity index (χ3n) is 6.07. The Labute approximate surface area is 205 Å². The van der Waals surface area contributed by atoms with Gasteiger partial charge < -0.3 is 14.6 Å². The summed E-state index contributed by atoms with van der Waals surface area (Å²) < 4.78 is 34.5. The number of amides is 1. The smallest absolute Gasteiger partial charge is 0.340 e. The first-order valence-electron chi connectivity index (χ1n) is 11.6. The number of rotatable bonds is 7. The van der Waals surface area contributed by atoms with E-state index in [1.807, 2.05) is 48.7 Å². The second-order valence-electron chi connectivity index (χ2n) is 8.57. The van der Waals surface area contributed by atoms with Gasteiger partial charge in [0.25, 0.3) is 5.91 Å². The summed E-state index contributed by atoms with van der Waals surface area (Å²) in [6, 6.07) is 17.5. The average Bonchev–Trinajstić information content (AvgIpc) is 3.17. The van der Waals surface area contributed by atoms with Crippen molar-refractivity contribution in [1.29, 1.82) is 0 Å². The molecule has 184 valence electrons. The van der Waals surface area contributed by atoms with Crippen LogP contribution in [0.5, 0.6) is 0 Å². The minimum atomic E-state index is -3.62. The lowest BCUT2D eigenvalue weighted by molar-refractivity contribution is -0.119. The Morgan fingerprint density at radius 2 is 1.66 bits per heavy atom. The van der Waals surface area contributed by atoms with E-state index in [1.54, 1.807) is 18.2 Å². The molecule has 0 atom stereocenters. The van der Waals surface area contributed by atoms with Gasteiger partial charge >= 0.3 is 5.97 Å². The molecule has 0 bridgehead atoms. The molecule has 0 spiro atoms. The van der Waals surface area contributed by atoms with E-state index in [9.17, 15) is 18.0 Å². The standard InChI is InChI=1S/C26H29N3O5S/c1-19-16-24(20(2)29(19)22-11-5-3-6-12-22)26(31)34-18-25(30)27-21-10-9-13-23(17-21)35(32,33)28-14-7-4-8-15-28/h3,5-6,9-13,16-17H,4,7-8,14-15,18H2,1-2H3,(H,27,30). The predicted molar refractivity (Wildman–Crippen MR) is 133 cm³/mol. The van der Waals surface area contributed by atoms with Crippen LogP contribution < -0.4 is 5.32 Å². The van der Waals surface area contributed by atoms with Crippen molar-refractivity contribution >= 4 is 27.6 Å². The van der Waals surface area contributed by atoms with Gasteiger partial charge in [-0.25, -0.2) is 13.2 Å². The van der Waals surface area contributed by atoms with Gasteiger partial charge in [-0.2, -0.15) is 4.31 Å². The number of benzene rings is 2. The molecule has 3 aromatic rings. The number of aromatic nitrogens is 1. The summed E-state index contributed by atoms with van der Waals surface area (Å²) in [4.78, 5) is 25.2. The van der Waals surface area contributed by atoms with Crippen molar-refractivity contribution in [3.63, 3.8) is 0 Å². The lowest BCUT2D eigenvalue weighted by Gasteiger charge is -2.26. The van der Waals surface area contributed by atoms with Crippen LogP contribution in [0.25, 0.3) is 5.69 Å². The van der Waals surface area contributed by atoms with Gasteiger partial charge in [0.15, 0.2) is 6.61 Å². The van der Waals surface area contributed by atoms with E-state index in [2.05, 4.69) is 5.32 Å². The Bertz CT molecular complexity index is 1330. The van der Waals surface area contributed by atoms with Gasteiger partial charge in [-0.05, 0) is 63.1 Å². The van der Waals surface area contributed by atoms with Gasteiger partial charge in [-0.3, -0.25) is 4.79 Å². The number of aryl methyl sites for hydroxylation is 1. The highest BCUT2D eigenvalue weighted by atomic mass is 32.2. The Kier molecular flexibility index (Phi) is 7.37. The molecule has 0 unspecified atom stereocenters. The molecule has 2 aromatic carbocycles. The van der Waals surface area contributed by atoms with Crippen LogP contribution in [0.15, 0.2) is 65.6 Å². The van der Waals surface area contributed by atoms with Crippen molar-refractivity contribution in [2.24, 2.45) is 0 Å². The molecule has 0 saturated carbocycles. The number of ether oxygens (including phenoxy) is 1. The summed E-state index contributed by atoms with van der Waals surface area (Å²) in [5.74, 6) is -1.15. The normalized spacial score (nSPS) is 14.5. The number of nitrogens with one attached hydrogen (secondary N) is 1. The molecule has 8 nitrogen and oxygen atoms in total. The number of para-hydroxylation sites is 1. The summed E-state index contributed by atoms with van der Waals surface area (Å²) in [7, 11) is -3.62. The molecule has 1 saturated heterocycles. The van der Waals surface area contributed by atoms with Crippen LogP contribution in [0, 0.1) is 13.8 Å². The molecule has 1 amide bonds. The van der Waals surface area contributed by atoms with Gasteiger partial charge in [-0.15, -0.1) is 0 Å². The maximum atomic E-state index is 12.9. The second kappa shape index (κ2) is 10.5. The fourth-order valence-corrected chi connectivity index (χ4v) is 5.90. The van der Waals surface area contributed by atoms with Crippen molar-refractivity contribution in [3.8, 4) is 5.69 Å². The van der Waals surface area contributed by atoms with E-state index in [1.165, 1.54) is 16.4 Å². The minimum Gasteiger partial charge on any atom is -0.452 e. The number of carbonyl (C=O) groups excluding carboxylic acids is 2. The quantitative estimate of drug-likeness (QED) is 0.499. The third-order valence-corrected chi connectivity index (χ3v) is 7.97. The summed E-state index contributed by atoms with van der Waals surface area (Å²) in [5.41, 5.74) is 3.23. The average molecular weight is 496 g/mol. The highest BCUT2D eigenvalue weighted by Gasteiger charge is 2.26. The molecular formula is C26H29N3O5S. The van der Waals surface area contributed by atoms with Gasteiger partial charge in [0.05, 0.1) is 10.5 Å². The molecular weight excluding hydrogens is 466 g/mol. The fraction of sp³-hybridized carbons (Fsp3) is 0.308. The highest BCUT2D eigenvalue weighted by molar-refractivity contribution is 7.89. The van der Waals surface area contributed by atoms with Gasteiger partial charge in [-0.1, -0.05) is 30.7 Å². The zero-order chi connectivity index (χ0) is 25.0. The summed E-state index contributed by atoms with van der Waals surface area (Å²) in [6.45, 7) is 4.23. The molecule has 1 aliphatic heterocycles. The lowest BCUT2D eigenvalue weighted by Crippen LogP contribution is -2.35. The van der Waals surface area contributed by atoms with Crippen molar-refractivity contribution in [2.45, 2.75) is 38.0 Å². The summed E-state index contributed by atoms with van der Waals surface area (Å²) in [6.07, 6.45) is 2.71. The van der Waals surface area contributed by atoms with E-state index < -0.39 is 28.5 Å². The SMILES string of the molecule is Cc1cc(C(=O)OCC(=O)Nc2cccc(S(=O)(=O)N3CCCCC3)c2)c(C)n1-c1ccccc1. The monoisotopic (exact) mass is 495 g/mol. The number of hydrogen-bond donors (Lipinski definition) is 1. The maximum Gasteiger partial charge on any atom is 0.340 e. The molecule has 1 N–H and O–H groups in total. The Hall–Kier alpha value is -3.43. The molecule has 4 rings (SSSR count). The van der Waals surface area contributed by atoms with Crippen molar-refractivity contribution in [3.05, 3.63) is 77.6 Å². The largest absolute Gasteiger partial charge is 0.452 e. The molecule has 2 heterocycles. The van der Waals surface area contributed by atoms with Crippen molar-refractivity contribution in [1.82, 2.24) is 8.87 Å². The highest BCUT2D eigenvalue weighted by Crippen LogP contribution is 2.23. The number of sulfonamides is 1. The molecule has 35 heavy (non-hydrogen) atoms. The lowest BCUT2D eigenvalue weighted by atomic mass is 10.2. The van der Waals surface area contributed by atoms with E-state index >= 15 is 0 Å². The molecule has 1 aliphatic rings. The van der Waals surface area contributed by atoms with Crippen LogP contribution in [0.4, 0.5) is 5.69 Å². The number of hydrogen-bond acceptors (Lipinski definition) is 5. The number of carbonyl (C=O) groups is 2. The molecule has 1 aromatic heterocycles. The number of anilines is 1. The fourth-order valence-electron chi connectivity index (χ4n) is 4.34. The number of nitrogens with zero attached hydrogens (tertiary/aromatic N) is 2. The van der Waals surface area contributed by atoms with Crippen LogP contribution in [0.2, 0.25) is 0 Å². The van der Waals surface area contributed by atoms with Crippen molar-refractivity contribution < 1.29 is 22.7 Å². The number of esters is 1. The van der Waals surface area contributed by atoms with Crippen molar-refractivity contribution in [2.75, 3.05) is 25.0 Å². The van der Waals surface area contributed by atoms with Crippen LogP contribution in [0.1, 0.15) is 41.0 Å².